The summed E-state index contributed by atoms with van der Waals surface area (Å²) >= 11 is 7.69. The third-order valence-electron chi connectivity index (χ3n) is 4.17. The number of halogens is 1. The summed E-state index contributed by atoms with van der Waals surface area (Å²) in [5.41, 5.74) is 0.243. The topological polar surface area (TPSA) is 50.2 Å². The van der Waals surface area contributed by atoms with Gasteiger partial charge in [-0.3, -0.25) is 4.79 Å². The van der Waals surface area contributed by atoms with E-state index in [1.807, 2.05) is 18.2 Å². The Bertz CT molecular complexity index is 646. The van der Waals surface area contributed by atoms with Crippen molar-refractivity contribution >= 4 is 39.1 Å². The summed E-state index contributed by atoms with van der Waals surface area (Å²) in [6.07, 6.45) is 5.17. The Kier molecular flexibility index (Phi) is 3.69. The molecule has 1 heterocycles. The lowest BCUT2D eigenvalue weighted by Gasteiger charge is -2.32. The predicted molar refractivity (Wildman–Crippen MR) is 81.5 cm³/mol. The van der Waals surface area contributed by atoms with Crippen LogP contribution in [0.4, 0.5) is 0 Å². The van der Waals surface area contributed by atoms with E-state index < -0.39 is 11.4 Å². The van der Waals surface area contributed by atoms with E-state index in [-0.39, 0.29) is 0 Å². The van der Waals surface area contributed by atoms with E-state index >= 15 is 0 Å². The highest BCUT2D eigenvalue weighted by Crippen LogP contribution is 2.41. The van der Waals surface area contributed by atoms with E-state index in [1.165, 1.54) is 11.3 Å². The van der Waals surface area contributed by atoms with Gasteiger partial charge in [-0.2, -0.15) is 0 Å². The van der Waals surface area contributed by atoms with Gasteiger partial charge in [-0.1, -0.05) is 36.9 Å². The highest BCUT2D eigenvalue weighted by atomic mass is 35.5. The zero-order valence-electron chi connectivity index (χ0n) is 11.1. The minimum atomic E-state index is -0.678. The van der Waals surface area contributed by atoms with Crippen LogP contribution in [-0.4, -0.2) is 16.1 Å². The zero-order chi connectivity index (χ0) is 14.2. The number of hydrogen-bond acceptors (Lipinski definition) is 3. The highest BCUT2D eigenvalue weighted by molar-refractivity contribution is 7.19. The number of aliphatic carboxylic acids is 1. The molecule has 0 amide bonds. The summed E-state index contributed by atoms with van der Waals surface area (Å²) in [7, 11) is 0. The quantitative estimate of drug-likeness (QED) is 0.906. The number of carboxylic acids is 1. The summed E-state index contributed by atoms with van der Waals surface area (Å²) in [6.45, 7) is 0. The molecule has 106 valence electrons. The van der Waals surface area contributed by atoms with Gasteiger partial charge in [-0.15, -0.1) is 11.3 Å². The predicted octanol–water partition coefficient (Wildman–Crippen LogP) is 4.53. The third kappa shape index (κ3) is 2.42. The molecule has 5 heteroatoms. The molecule has 0 bridgehead atoms. The lowest BCUT2D eigenvalue weighted by molar-refractivity contribution is -0.151. The molecule has 0 spiro atoms. The Balaban J connectivity index is 1.94. The first kappa shape index (κ1) is 13.8. The van der Waals surface area contributed by atoms with Crippen molar-refractivity contribution in [2.45, 2.75) is 38.5 Å². The number of benzene rings is 1. The molecule has 3 nitrogen and oxygen atoms in total. The molecule has 1 N–H and O–H groups in total. The molecule has 1 aliphatic carbocycles. The van der Waals surface area contributed by atoms with E-state index in [1.54, 1.807) is 0 Å². The fraction of sp³-hybridized carbons (Fsp3) is 0.467. The first-order valence-electron chi connectivity index (χ1n) is 6.88. The van der Waals surface area contributed by atoms with E-state index in [9.17, 15) is 9.90 Å². The van der Waals surface area contributed by atoms with Crippen LogP contribution in [0.5, 0.6) is 0 Å². The van der Waals surface area contributed by atoms with Crippen LogP contribution < -0.4 is 0 Å². The van der Waals surface area contributed by atoms with Crippen molar-refractivity contribution in [2.24, 2.45) is 5.41 Å². The van der Waals surface area contributed by atoms with Gasteiger partial charge in [0.05, 0.1) is 25.7 Å². The van der Waals surface area contributed by atoms with Gasteiger partial charge in [0.25, 0.3) is 0 Å². The number of rotatable bonds is 3. The Morgan fingerprint density at radius 1 is 1.35 bits per heavy atom. The SMILES string of the molecule is O=C(O)C1(Cc2nc3cccc(Cl)c3s2)CCCCC1. The first-order chi connectivity index (χ1) is 9.61. The normalized spacial score (nSPS) is 18.2. The largest absolute Gasteiger partial charge is 0.481 e. The first-order valence-corrected chi connectivity index (χ1v) is 8.07. The van der Waals surface area contributed by atoms with Crippen molar-refractivity contribution in [3.05, 3.63) is 28.2 Å². The Labute approximate surface area is 126 Å². The third-order valence-corrected chi connectivity index (χ3v) is 5.70. The van der Waals surface area contributed by atoms with Crippen molar-refractivity contribution in [2.75, 3.05) is 0 Å². The average Bonchev–Trinajstić information content (AvgIpc) is 2.83. The molecule has 1 fully saturated rings. The zero-order valence-corrected chi connectivity index (χ0v) is 12.6. The van der Waals surface area contributed by atoms with Crippen LogP contribution in [0.15, 0.2) is 18.2 Å². The second-order valence-corrected chi connectivity index (χ2v) is 7.01. The molecule has 1 aromatic carbocycles. The van der Waals surface area contributed by atoms with Gasteiger partial charge in [0.15, 0.2) is 0 Å². The lowest BCUT2D eigenvalue weighted by Crippen LogP contribution is -2.35. The molecular weight excluding hydrogens is 294 g/mol. The number of fused-ring (bicyclic) bond motifs is 1. The number of thiazole rings is 1. The number of nitrogens with zero attached hydrogens (tertiary/aromatic N) is 1. The van der Waals surface area contributed by atoms with Crippen molar-refractivity contribution in [3.8, 4) is 0 Å². The molecule has 0 saturated heterocycles. The van der Waals surface area contributed by atoms with Gasteiger partial charge >= 0.3 is 5.97 Å². The lowest BCUT2D eigenvalue weighted by atomic mass is 9.72. The van der Waals surface area contributed by atoms with Gasteiger partial charge in [0.1, 0.15) is 0 Å². The van der Waals surface area contributed by atoms with Crippen LogP contribution in [0.25, 0.3) is 10.2 Å². The van der Waals surface area contributed by atoms with Crippen LogP contribution in [-0.2, 0) is 11.2 Å². The minimum absolute atomic E-state index is 0.526. The molecule has 0 aliphatic heterocycles. The maximum Gasteiger partial charge on any atom is 0.310 e. The standard InChI is InChI=1S/C15H16ClNO2S/c16-10-5-4-6-11-13(10)20-12(17-11)9-15(14(18)19)7-2-1-3-8-15/h4-6H,1-3,7-9H2,(H,18,19). The maximum absolute atomic E-state index is 11.7. The molecule has 2 aromatic rings. The molecule has 1 saturated carbocycles. The summed E-state index contributed by atoms with van der Waals surface area (Å²) in [6, 6.07) is 5.65. The summed E-state index contributed by atoms with van der Waals surface area (Å²) in [4.78, 5) is 16.3. The number of aromatic nitrogens is 1. The van der Waals surface area contributed by atoms with Crippen molar-refractivity contribution in [1.82, 2.24) is 4.98 Å². The Morgan fingerprint density at radius 3 is 2.75 bits per heavy atom. The second-order valence-electron chi connectivity index (χ2n) is 5.52. The van der Waals surface area contributed by atoms with E-state index in [0.29, 0.717) is 11.4 Å². The maximum atomic E-state index is 11.7. The van der Waals surface area contributed by atoms with Crippen LogP contribution in [0.2, 0.25) is 5.02 Å². The number of hydrogen-bond donors (Lipinski definition) is 1. The molecule has 3 rings (SSSR count). The summed E-state index contributed by atoms with van der Waals surface area (Å²) < 4.78 is 0.959. The fourth-order valence-electron chi connectivity index (χ4n) is 3.02. The molecule has 0 unspecified atom stereocenters. The van der Waals surface area contributed by atoms with E-state index in [0.717, 1.165) is 47.3 Å². The Morgan fingerprint density at radius 2 is 2.10 bits per heavy atom. The fourth-order valence-corrected chi connectivity index (χ4v) is 4.42. The van der Waals surface area contributed by atoms with Crippen LogP contribution in [0, 0.1) is 5.41 Å². The van der Waals surface area contributed by atoms with Crippen LogP contribution in [0.3, 0.4) is 0 Å². The highest BCUT2D eigenvalue weighted by Gasteiger charge is 2.40. The van der Waals surface area contributed by atoms with E-state index in [2.05, 4.69) is 4.98 Å². The smallest absolute Gasteiger partial charge is 0.310 e. The molecular formula is C15H16ClNO2S. The van der Waals surface area contributed by atoms with Crippen molar-refractivity contribution < 1.29 is 9.90 Å². The van der Waals surface area contributed by atoms with Gasteiger partial charge in [-0.25, -0.2) is 4.98 Å². The van der Waals surface area contributed by atoms with Crippen molar-refractivity contribution in [1.29, 1.82) is 0 Å². The number of carbonyl (C=O) groups is 1. The molecule has 20 heavy (non-hydrogen) atoms. The van der Waals surface area contributed by atoms with E-state index in [4.69, 9.17) is 11.6 Å². The molecule has 0 atom stereocenters. The average molecular weight is 310 g/mol. The van der Waals surface area contributed by atoms with Gasteiger partial charge in [0.2, 0.25) is 0 Å². The summed E-state index contributed by atoms with van der Waals surface area (Å²) in [5.74, 6) is -0.678. The molecule has 0 radical (unpaired) electrons. The molecule has 1 aliphatic rings. The van der Waals surface area contributed by atoms with Crippen LogP contribution in [0.1, 0.15) is 37.1 Å². The molecule has 1 aromatic heterocycles. The monoisotopic (exact) mass is 309 g/mol. The number of carboxylic acid groups (broad SMARTS) is 1. The van der Waals surface area contributed by atoms with Gasteiger partial charge in [0, 0.05) is 6.42 Å². The van der Waals surface area contributed by atoms with Gasteiger partial charge in [-0.05, 0) is 25.0 Å². The van der Waals surface area contributed by atoms with Gasteiger partial charge < -0.3 is 5.11 Å². The Hall–Kier alpha value is -1.13. The minimum Gasteiger partial charge on any atom is -0.481 e. The van der Waals surface area contributed by atoms with Crippen molar-refractivity contribution in [3.63, 3.8) is 0 Å². The second kappa shape index (κ2) is 5.34. The summed E-state index contributed by atoms with van der Waals surface area (Å²) in [5, 5.41) is 11.2. The van der Waals surface area contributed by atoms with Crippen LogP contribution >= 0.6 is 22.9 Å².